The summed E-state index contributed by atoms with van der Waals surface area (Å²) in [5.41, 5.74) is 6.38. The van der Waals surface area contributed by atoms with Crippen LogP contribution in [0.2, 0.25) is 5.02 Å². The van der Waals surface area contributed by atoms with E-state index in [4.69, 9.17) is 17.3 Å². The molecule has 1 aromatic carbocycles. The van der Waals surface area contributed by atoms with E-state index in [0.29, 0.717) is 16.4 Å². The number of rotatable bonds is 3. The first-order valence-electron chi connectivity index (χ1n) is 5.50. The van der Waals surface area contributed by atoms with Gasteiger partial charge in [0.05, 0.1) is 11.2 Å². The highest BCUT2D eigenvalue weighted by Gasteiger charge is 2.04. The number of aromatic nitrogens is 1. The minimum absolute atomic E-state index is 0. The van der Waals surface area contributed by atoms with Crippen molar-refractivity contribution < 1.29 is 21.8 Å². The number of halogens is 3. The van der Waals surface area contributed by atoms with Gasteiger partial charge in [-0.15, -0.1) is 0 Å². The third-order valence-corrected chi connectivity index (χ3v) is 3.24. The molecule has 0 saturated heterocycles. The largest absolute Gasteiger partial charge is 1.00 e. The molecule has 0 fully saturated rings. The third-order valence-electron chi connectivity index (χ3n) is 2.49. The van der Waals surface area contributed by atoms with E-state index < -0.39 is 0 Å². The summed E-state index contributed by atoms with van der Waals surface area (Å²) in [5, 5.41) is 0.551. The molecule has 2 aromatic rings. The second-order valence-electron chi connectivity index (χ2n) is 3.87. The first kappa shape index (κ1) is 16.7. The number of nitrogens with two attached hydrogens (primary N) is 1. The van der Waals surface area contributed by atoms with Crippen LogP contribution in [0.1, 0.15) is 10.4 Å². The summed E-state index contributed by atoms with van der Waals surface area (Å²) in [6, 6.07) is 10.5. The lowest BCUT2D eigenvalue weighted by Gasteiger charge is -1.98. The van der Waals surface area contributed by atoms with Crippen molar-refractivity contribution in [3.63, 3.8) is 0 Å². The Morgan fingerprint density at radius 1 is 1.20 bits per heavy atom. The van der Waals surface area contributed by atoms with Gasteiger partial charge in [0, 0.05) is 22.2 Å². The third kappa shape index (κ3) is 4.34. The number of ketones is 1. The SMILES string of the molecule is Nc1ccc(Cl)c[n+]1C=CC(=O)c1ccc(Br)cc1.[Cl-]. The van der Waals surface area contributed by atoms with Crippen LogP contribution in [-0.2, 0) is 0 Å². The Bertz CT molecular complexity index is 642. The van der Waals surface area contributed by atoms with Gasteiger partial charge in [0.1, 0.15) is 6.20 Å². The molecule has 104 valence electrons. The highest BCUT2D eigenvalue weighted by molar-refractivity contribution is 9.10. The van der Waals surface area contributed by atoms with E-state index in [9.17, 15) is 4.79 Å². The molecule has 20 heavy (non-hydrogen) atoms. The van der Waals surface area contributed by atoms with Crippen molar-refractivity contribution in [2.45, 2.75) is 0 Å². The van der Waals surface area contributed by atoms with Gasteiger partial charge >= 0.3 is 0 Å². The number of hydrogen-bond acceptors (Lipinski definition) is 2. The minimum Gasteiger partial charge on any atom is -1.00 e. The zero-order valence-corrected chi connectivity index (χ0v) is 13.4. The number of hydrogen-bond donors (Lipinski definition) is 1. The molecule has 1 heterocycles. The van der Waals surface area contributed by atoms with E-state index in [1.807, 2.05) is 12.1 Å². The van der Waals surface area contributed by atoms with Gasteiger partial charge in [-0.1, -0.05) is 27.5 Å². The summed E-state index contributed by atoms with van der Waals surface area (Å²) in [6.45, 7) is 0. The van der Waals surface area contributed by atoms with Crippen molar-refractivity contribution in [2.24, 2.45) is 0 Å². The number of allylic oxidation sites excluding steroid dienone is 1. The monoisotopic (exact) mass is 372 g/mol. The van der Waals surface area contributed by atoms with Crippen molar-refractivity contribution in [1.29, 1.82) is 0 Å². The fourth-order valence-corrected chi connectivity index (χ4v) is 1.92. The predicted molar refractivity (Wildman–Crippen MR) is 79.9 cm³/mol. The van der Waals surface area contributed by atoms with Crippen LogP contribution in [0.5, 0.6) is 0 Å². The number of carbonyl (C=O) groups is 1. The van der Waals surface area contributed by atoms with Crippen LogP contribution in [-0.4, -0.2) is 5.78 Å². The lowest BCUT2D eigenvalue weighted by molar-refractivity contribution is -0.552. The van der Waals surface area contributed by atoms with Crippen LogP contribution in [0.15, 0.2) is 53.1 Å². The van der Waals surface area contributed by atoms with Crippen LogP contribution in [0.4, 0.5) is 5.82 Å². The van der Waals surface area contributed by atoms with Crippen molar-refractivity contribution in [1.82, 2.24) is 0 Å². The summed E-state index contributed by atoms with van der Waals surface area (Å²) in [7, 11) is 0. The van der Waals surface area contributed by atoms with Crippen LogP contribution in [0, 0.1) is 0 Å². The van der Waals surface area contributed by atoms with E-state index in [-0.39, 0.29) is 18.2 Å². The highest BCUT2D eigenvalue weighted by atomic mass is 79.9. The molecule has 3 nitrogen and oxygen atoms in total. The van der Waals surface area contributed by atoms with Gasteiger partial charge in [-0.2, -0.15) is 0 Å². The minimum atomic E-state index is -0.0978. The lowest BCUT2D eigenvalue weighted by Crippen LogP contribution is -3.00. The number of nitrogen functional groups attached to an aromatic ring is 1. The fraction of sp³-hybridized carbons (Fsp3) is 0. The zero-order valence-electron chi connectivity index (χ0n) is 10.3. The first-order valence-corrected chi connectivity index (χ1v) is 6.67. The first-order chi connectivity index (χ1) is 9.06. The smallest absolute Gasteiger partial charge is 0.277 e. The lowest BCUT2D eigenvalue weighted by atomic mass is 10.1. The number of anilines is 1. The molecule has 0 bridgehead atoms. The summed E-state index contributed by atoms with van der Waals surface area (Å²) >= 11 is 9.19. The van der Waals surface area contributed by atoms with Crippen LogP contribution in [0.3, 0.4) is 0 Å². The Morgan fingerprint density at radius 2 is 1.85 bits per heavy atom. The van der Waals surface area contributed by atoms with Crippen LogP contribution >= 0.6 is 27.5 Å². The van der Waals surface area contributed by atoms with E-state index in [2.05, 4.69) is 15.9 Å². The number of pyridine rings is 1. The fourth-order valence-electron chi connectivity index (χ4n) is 1.49. The zero-order chi connectivity index (χ0) is 13.8. The number of carbonyl (C=O) groups excluding carboxylic acids is 1. The molecule has 0 radical (unpaired) electrons. The van der Waals surface area contributed by atoms with Gasteiger partial charge in [-0.25, -0.2) is 4.57 Å². The van der Waals surface area contributed by atoms with E-state index in [0.717, 1.165) is 4.47 Å². The Kier molecular flexibility index (Phi) is 6.20. The molecule has 2 rings (SSSR count). The molecular weight excluding hydrogens is 363 g/mol. The summed E-state index contributed by atoms with van der Waals surface area (Å²) in [4.78, 5) is 11.9. The summed E-state index contributed by atoms with van der Waals surface area (Å²) in [5.74, 6) is 0.406. The van der Waals surface area contributed by atoms with Gasteiger partial charge in [0.15, 0.2) is 5.78 Å². The van der Waals surface area contributed by atoms with Crippen molar-refractivity contribution in [2.75, 3.05) is 5.73 Å². The molecule has 1 aromatic heterocycles. The molecule has 0 saturated carbocycles. The van der Waals surface area contributed by atoms with E-state index >= 15 is 0 Å². The van der Waals surface area contributed by atoms with Gasteiger partial charge < -0.3 is 12.4 Å². The maximum absolute atomic E-state index is 11.9. The second-order valence-corrected chi connectivity index (χ2v) is 5.22. The van der Waals surface area contributed by atoms with Crippen molar-refractivity contribution >= 4 is 45.3 Å². The molecular formula is C14H11BrCl2N2O. The molecule has 0 spiro atoms. The molecule has 0 amide bonds. The standard InChI is InChI=1S/C14H10BrClN2O.ClH/c15-11-3-1-10(2-4-11)13(19)7-8-18-9-12(16)5-6-14(18)17;/h1-9,17H;1H. The van der Waals surface area contributed by atoms with Gasteiger partial charge in [0.25, 0.3) is 5.82 Å². The molecule has 0 aliphatic carbocycles. The Balaban J connectivity index is 0.00000200. The molecule has 2 N–H and O–H groups in total. The normalized spacial score (nSPS) is 10.3. The number of benzene rings is 1. The highest BCUT2D eigenvalue weighted by Crippen LogP contribution is 2.11. The average Bonchev–Trinajstić information content (AvgIpc) is 2.40. The van der Waals surface area contributed by atoms with Gasteiger partial charge in [-0.3, -0.25) is 10.5 Å². The number of nitrogens with zero attached hydrogens (tertiary/aromatic N) is 1. The van der Waals surface area contributed by atoms with E-state index in [1.54, 1.807) is 41.2 Å². The Hall–Kier alpha value is -1.36. The quantitative estimate of drug-likeness (QED) is 0.479. The van der Waals surface area contributed by atoms with Crippen LogP contribution < -0.4 is 22.7 Å². The second kappa shape index (κ2) is 7.43. The van der Waals surface area contributed by atoms with Crippen molar-refractivity contribution in [3.8, 4) is 0 Å². The predicted octanol–water partition coefficient (Wildman–Crippen LogP) is 0.330. The van der Waals surface area contributed by atoms with Gasteiger partial charge in [-0.05, 0) is 30.3 Å². The Labute approximate surface area is 136 Å². The van der Waals surface area contributed by atoms with Gasteiger partial charge in [0.2, 0.25) is 0 Å². The maximum atomic E-state index is 11.9. The topological polar surface area (TPSA) is 47.0 Å². The molecule has 6 heteroatoms. The summed E-state index contributed by atoms with van der Waals surface area (Å²) < 4.78 is 2.53. The Morgan fingerprint density at radius 3 is 2.50 bits per heavy atom. The van der Waals surface area contributed by atoms with Crippen LogP contribution in [0.25, 0.3) is 6.20 Å². The summed E-state index contributed by atoms with van der Waals surface area (Å²) in [6.07, 6.45) is 4.68. The molecule has 0 atom stereocenters. The maximum Gasteiger partial charge on any atom is 0.277 e. The van der Waals surface area contributed by atoms with Crippen molar-refractivity contribution in [3.05, 3.63) is 63.7 Å². The molecule has 0 aliphatic heterocycles. The molecule has 0 aliphatic rings. The molecule has 0 unspecified atom stereocenters. The van der Waals surface area contributed by atoms with E-state index in [1.165, 1.54) is 6.08 Å². The average molecular weight is 374 g/mol.